The molecule has 0 unspecified atom stereocenters. The van der Waals surface area contributed by atoms with Crippen molar-refractivity contribution >= 4 is 22.8 Å². The topological polar surface area (TPSA) is 107 Å². The largest absolute Gasteiger partial charge is 0.360 e. The van der Waals surface area contributed by atoms with Crippen LogP contribution in [0.4, 0.5) is 5.82 Å². The van der Waals surface area contributed by atoms with Crippen LogP contribution in [-0.2, 0) is 0 Å². The smallest absolute Gasteiger partial charge is 0.248 e. The highest BCUT2D eigenvalue weighted by atomic mass is 16.6. The minimum absolute atomic E-state index is 0.0384. The zero-order valence-electron chi connectivity index (χ0n) is 11.0. The maximum Gasteiger partial charge on any atom is 0.248 e. The third-order valence-corrected chi connectivity index (χ3v) is 3.21. The Morgan fingerprint density at radius 2 is 2.00 bits per heavy atom. The van der Waals surface area contributed by atoms with E-state index in [1.54, 1.807) is 0 Å². The highest BCUT2D eigenvalue weighted by Gasteiger charge is 2.17. The van der Waals surface area contributed by atoms with E-state index in [0.717, 1.165) is 5.56 Å². The molecule has 0 amide bonds. The van der Waals surface area contributed by atoms with Crippen LogP contribution in [0.3, 0.4) is 0 Å². The molecule has 3 heterocycles. The normalized spacial score (nSPS) is 12.8. The summed E-state index contributed by atoms with van der Waals surface area (Å²) in [6, 6.07) is 10.1. The number of aromatic nitrogens is 7. The van der Waals surface area contributed by atoms with Gasteiger partial charge in [0, 0.05) is 0 Å². The first-order valence-corrected chi connectivity index (χ1v) is 6.35. The van der Waals surface area contributed by atoms with Crippen LogP contribution < -0.4 is 5.32 Å². The van der Waals surface area contributed by atoms with Crippen LogP contribution in [0.15, 0.2) is 35.0 Å². The van der Waals surface area contributed by atoms with E-state index < -0.39 is 0 Å². The summed E-state index contributed by atoms with van der Waals surface area (Å²) in [5.74, 6) is 0.527. The first-order valence-electron chi connectivity index (χ1n) is 6.35. The molecule has 1 atom stereocenters. The number of anilines is 1. The standard InChI is InChI=1S/C12H10N8O/c1-7(8-5-3-2-4-6-8)13-9-11-15-18-19-20(11)12-10(14-9)16-21-17-12/h2-7H,1H3,(H,13,14,16)/t7-/m0/s1. The lowest BCUT2D eigenvalue weighted by Crippen LogP contribution is -2.10. The van der Waals surface area contributed by atoms with E-state index in [1.807, 2.05) is 37.3 Å². The van der Waals surface area contributed by atoms with Crippen molar-refractivity contribution in [2.24, 2.45) is 0 Å². The van der Waals surface area contributed by atoms with Crippen molar-refractivity contribution in [3.63, 3.8) is 0 Å². The molecule has 9 heteroatoms. The molecule has 0 bridgehead atoms. The Balaban J connectivity index is 1.80. The van der Waals surface area contributed by atoms with E-state index in [9.17, 15) is 0 Å². The summed E-state index contributed by atoms with van der Waals surface area (Å²) in [6.07, 6.45) is 0. The second-order valence-electron chi connectivity index (χ2n) is 4.56. The van der Waals surface area contributed by atoms with Crippen LogP contribution in [0.25, 0.3) is 16.9 Å². The van der Waals surface area contributed by atoms with Gasteiger partial charge >= 0.3 is 0 Å². The van der Waals surface area contributed by atoms with E-state index in [-0.39, 0.29) is 6.04 Å². The summed E-state index contributed by atoms with van der Waals surface area (Å²) in [6.45, 7) is 2.03. The average Bonchev–Trinajstić information content (AvgIpc) is 3.16. The Bertz CT molecular complexity index is 899. The summed E-state index contributed by atoms with van der Waals surface area (Å²) in [5, 5.41) is 22.2. The van der Waals surface area contributed by atoms with Gasteiger partial charge in [-0.1, -0.05) is 30.3 Å². The molecule has 4 rings (SSSR count). The number of nitrogens with one attached hydrogen (secondary N) is 1. The van der Waals surface area contributed by atoms with Gasteiger partial charge in [-0.05, 0) is 33.2 Å². The van der Waals surface area contributed by atoms with Crippen molar-refractivity contribution in [3.05, 3.63) is 35.9 Å². The number of rotatable bonds is 3. The number of fused-ring (bicyclic) bond motifs is 3. The first kappa shape index (κ1) is 11.7. The summed E-state index contributed by atoms with van der Waals surface area (Å²) in [5.41, 5.74) is 2.33. The van der Waals surface area contributed by atoms with Crippen LogP contribution in [0.1, 0.15) is 18.5 Å². The second kappa shape index (κ2) is 4.47. The molecule has 0 aliphatic heterocycles. The van der Waals surface area contributed by atoms with Gasteiger partial charge in [0.25, 0.3) is 0 Å². The molecule has 1 aromatic carbocycles. The third-order valence-electron chi connectivity index (χ3n) is 3.21. The zero-order valence-corrected chi connectivity index (χ0v) is 11.0. The van der Waals surface area contributed by atoms with Gasteiger partial charge in [0.2, 0.25) is 16.9 Å². The number of hydrogen-bond donors (Lipinski definition) is 1. The fourth-order valence-corrected chi connectivity index (χ4v) is 2.14. The van der Waals surface area contributed by atoms with E-state index in [1.165, 1.54) is 4.52 Å². The SMILES string of the molecule is C[C@H](Nc1nc2nonc2n2nnnc12)c1ccccc1. The molecular formula is C12H10N8O. The van der Waals surface area contributed by atoms with Gasteiger partial charge in [-0.2, -0.15) is 4.52 Å². The molecule has 0 spiro atoms. The summed E-state index contributed by atoms with van der Waals surface area (Å²) in [4.78, 5) is 4.36. The van der Waals surface area contributed by atoms with Crippen LogP contribution in [0.5, 0.6) is 0 Å². The van der Waals surface area contributed by atoms with Gasteiger partial charge in [-0.25, -0.2) is 9.61 Å². The van der Waals surface area contributed by atoms with E-state index in [4.69, 9.17) is 0 Å². The summed E-state index contributed by atoms with van der Waals surface area (Å²) >= 11 is 0. The summed E-state index contributed by atoms with van der Waals surface area (Å²) in [7, 11) is 0. The highest BCUT2D eigenvalue weighted by Crippen LogP contribution is 2.22. The second-order valence-corrected chi connectivity index (χ2v) is 4.56. The molecule has 0 saturated heterocycles. The molecular weight excluding hydrogens is 272 g/mol. The number of hydrogen-bond acceptors (Lipinski definition) is 8. The Morgan fingerprint density at radius 3 is 2.86 bits per heavy atom. The average molecular weight is 282 g/mol. The molecule has 0 saturated carbocycles. The Kier molecular flexibility index (Phi) is 2.49. The Hall–Kier alpha value is -3.10. The van der Waals surface area contributed by atoms with Gasteiger partial charge in [0.05, 0.1) is 6.04 Å². The van der Waals surface area contributed by atoms with Crippen molar-refractivity contribution in [1.82, 2.24) is 35.3 Å². The minimum atomic E-state index is 0.0384. The number of benzene rings is 1. The number of tetrazole rings is 1. The molecule has 21 heavy (non-hydrogen) atoms. The molecule has 0 aliphatic carbocycles. The van der Waals surface area contributed by atoms with Gasteiger partial charge in [0.1, 0.15) is 0 Å². The van der Waals surface area contributed by atoms with Crippen molar-refractivity contribution in [2.45, 2.75) is 13.0 Å². The Morgan fingerprint density at radius 1 is 1.14 bits per heavy atom. The maximum atomic E-state index is 4.68. The Labute approximate surface area is 117 Å². The van der Waals surface area contributed by atoms with Crippen LogP contribution in [0.2, 0.25) is 0 Å². The molecule has 0 radical (unpaired) electrons. The first-order chi connectivity index (χ1) is 10.3. The lowest BCUT2D eigenvalue weighted by atomic mass is 10.1. The zero-order chi connectivity index (χ0) is 14.2. The van der Waals surface area contributed by atoms with Crippen molar-refractivity contribution < 1.29 is 4.63 Å². The fraction of sp³-hybridized carbons (Fsp3) is 0.167. The van der Waals surface area contributed by atoms with Crippen LogP contribution >= 0.6 is 0 Å². The molecule has 1 N–H and O–H groups in total. The molecule has 0 fully saturated rings. The van der Waals surface area contributed by atoms with Crippen molar-refractivity contribution in [2.75, 3.05) is 5.32 Å². The monoisotopic (exact) mass is 282 g/mol. The predicted molar refractivity (Wildman–Crippen MR) is 72.4 cm³/mol. The molecule has 0 aliphatic rings. The van der Waals surface area contributed by atoms with Gasteiger partial charge in [0.15, 0.2) is 5.82 Å². The predicted octanol–water partition coefficient (Wildman–Crippen LogP) is 1.23. The minimum Gasteiger partial charge on any atom is -0.360 e. The van der Waals surface area contributed by atoms with Crippen LogP contribution in [0, 0.1) is 0 Å². The maximum absolute atomic E-state index is 4.68. The van der Waals surface area contributed by atoms with Crippen molar-refractivity contribution in [3.8, 4) is 0 Å². The lowest BCUT2D eigenvalue weighted by Gasteiger charge is -2.14. The molecule has 104 valence electrons. The van der Waals surface area contributed by atoms with Crippen molar-refractivity contribution in [1.29, 1.82) is 0 Å². The van der Waals surface area contributed by atoms with Gasteiger partial charge in [-0.3, -0.25) is 0 Å². The van der Waals surface area contributed by atoms with Gasteiger partial charge < -0.3 is 5.32 Å². The third kappa shape index (κ3) is 1.86. The number of nitrogens with zero attached hydrogens (tertiary/aromatic N) is 7. The van der Waals surface area contributed by atoms with E-state index in [0.29, 0.717) is 22.8 Å². The van der Waals surface area contributed by atoms with E-state index >= 15 is 0 Å². The molecule has 4 aromatic rings. The lowest BCUT2D eigenvalue weighted by molar-refractivity contribution is 0.313. The molecule has 9 nitrogen and oxygen atoms in total. The fourth-order valence-electron chi connectivity index (χ4n) is 2.14. The van der Waals surface area contributed by atoms with Gasteiger partial charge in [-0.15, -0.1) is 5.10 Å². The highest BCUT2D eigenvalue weighted by molar-refractivity contribution is 5.75. The summed E-state index contributed by atoms with van der Waals surface area (Å²) < 4.78 is 6.12. The van der Waals surface area contributed by atoms with Crippen LogP contribution in [-0.4, -0.2) is 35.3 Å². The molecule has 3 aromatic heterocycles. The quantitative estimate of drug-likeness (QED) is 0.597. The van der Waals surface area contributed by atoms with E-state index in [2.05, 4.69) is 40.8 Å².